The molecule has 0 saturated carbocycles. The molecule has 2 N–H and O–H groups in total. The zero-order valence-corrected chi connectivity index (χ0v) is 9.22. The maximum atomic E-state index is 9.72. The van der Waals surface area contributed by atoms with Gasteiger partial charge in [0, 0.05) is 23.0 Å². The summed E-state index contributed by atoms with van der Waals surface area (Å²) in [6, 6.07) is 8.19. The van der Waals surface area contributed by atoms with Crippen LogP contribution in [0.1, 0.15) is 11.3 Å². The van der Waals surface area contributed by atoms with Gasteiger partial charge in [0.2, 0.25) is 0 Å². The second-order valence-corrected chi connectivity index (χ2v) is 4.54. The fourth-order valence-corrected chi connectivity index (χ4v) is 2.64. The van der Waals surface area contributed by atoms with E-state index in [1.807, 2.05) is 12.1 Å². The van der Waals surface area contributed by atoms with Gasteiger partial charge in [0.1, 0.15) is 0 Å². The quantitative estimate of drug-likeness (QED) is 0.697. The summed E-state index contributed by atoms with van der Waals surface area (Å²) in [4.78, 5) is 0. The summed E-state index contributed by atoms with van der Waals surface area (Å²) >= 11 is 0. The molecule has 0 bridgehead atoms. The smallest absolute Gasteiger partial charge is 0.0981 e. The minimum atomic E-state index is -0.650. The maximum Gasteiger partial charge on any atom is 0.0981 e. The molecular weight excluding hydrogens is 202 g/mol. The first-order valence-corrected chi connectivity index (χ1v) is 5.61. The maximum absolute atomic E-state index is 9.72. The van der Waals surface area contributed by atoms with E-state index in [-0.39, 0.29) is 0 Å². The SMILES string of the molecule is Cc1c2n(c3ccccc13)C[C@H](O)C(O)C2. The van der Waals surface area contributed by atoms with Crippen LogP contribution in [-0.2, 0) is 13.0 Å². The number of benzene rings is 1. The number of para-hydroxylation sites is 1. The van der Waals surface area contributed by atoms with Crippen molar-refractivity contribution in [2.75, 3.05) is 0 Å². The molecule has 0 saturated heterocycles. The summed E-state index contributed by atoms with van der Waals surface area (Å²) in [6.07, 6.45) is -0.736. The van der Waals surface area contributed by atoms with E-state index in [4.69, 9.17) is 0 Å². The van der Waals surface area contributed by atoms with Gasteiger partial charge in [-0.1, -0.05) is 18.2 Å². The van der Waals surface area contributed by atoms with E-state index < -0.39 is 12.2 Å². The number of aliphatic hydroxyl groups excluding tert-OH is 2. The number of aliphatic hydroxyl groups is 2. The molecule has 2 heterocycles. The van der Waals surface area contributed by atoms with E-state index >= 15 is 0 Å². The van der Waals surface area contributed by atoms with Crippen LogP contribution in [0.2, 0.25) is 0 Å². The molecule has 1 unspecified atom stereocenters. The van der Waals surface area contributed by atoms with E-state index in [0.29, 0.717) is 13.0 Å². The van der Waals surface area contributed by atoms with Gasteiger partial charge in [0.25, 0.3) is 0 Å². The second-order valence-electron chi connectivity index (χ2n) is 4.54. The van der Waals surface area contributed by atoms with Crippen LogP contribution in [0.4, 0.5) is 0 Å². The van der Waals surface area contributed by atoms with Crippen molar-refractivity contribution < 1.29 is 10.2 Å². The Bertz CT molecular complexity index is 544. The van der Waals surface area contributed by atoms with Gasteiger partial charge in [-0.15, -0.1) is 0 Å². The molecule has 3 rings (SSSR count). The van der Waals surface area contributed by atoms with Crippen LogP contribution in [0, 0.1) is 6.92 Å². The van der Waals surface area contributed by atoms with E-state index in [9.17, 15) is 10.2 Å². The molecule has 2 aromatic rings. The van der Waals surface area contributed by atoms with Crippen molar-refractivity contribution in [1.82, 2.24) is 4.57 Å². The third-order valence-corrected chi connectivity index (χ3v) is 3.57. The normalized spacial score (nSPS) is 24.7. The molecule has 1 aliphatic rings. The van der Waals surface area contributed by atoms with Crippen LogP contribution in [0.5, 0.6) is 0 Å². The van der Waals surface area contributed by atoms with E-state index in [1.165, 1.54) is 10.9 Å². The summed E-state index contributed by atoms with van der Waals surface area (Å²) < 4.78 is 2.13. The molecular formula is C13H15NO2. The van der Waals surface area contributed by atoms with Gasteiger partial charge in [-0.25, -0.2) is 0 Å². The third kappa shape index (κ3) is 1.22. The zero-order valence-electron chi connectivity index (χ0n) is 9.22. The van der Waals surface area contributed by atoms with Crippen LogP contribution < -0.4 is 0 Å². The molecule has 2 atom stereocenters. The number of rotatable bonds is 0. The van der Waals surface area contributed by atoms with Gasteiger partial charge < -0.3 is 14.8 Å². The average molecular weight is 217 g/mol. The largest absolute Gasteiger partial charge is 0.390 e. The lowest BCUT2D eigenvalue weighted by molar-refractivity contribution is -0.00185. The molecule has 1 aromatic carbocycles. The fraction of sp³-hybridized carbons (Fsp3) is 0.385. The number of aryl methyl sites for hydroxylation is 1. The Morgan fingerprint density at radius 2 is 1.94 bits per heavy atom. The van der Waals surface area contributed by atoms with Crippen LogP contribution in [0.25, 0.3) is 10.9 Å². The zero-order chi connectivity index (χ0) is 11.3. The summed E-state index contributed by atoms with van der Waals surface area (Å²) in [5.74, 6) is 0. The standard InChI is InChI=1S/C13H15NO2/c1-8-9-4-2-3-5-10(9)14-7-13(16)12(15)6-11(8)14/h2-5,12-13,15-16H,6-7H2,1H3/t12?,13-/m0/s1. The van der Waals surface area contributed by atoms with Crippen LogP contribution in [0.3, 0.4) is 0 Å². The number of aromatic nitrogens is 1. The Balaban J connectivity index is 2.28. The first-order chi connectivity index (χ1) is 7.68. The lowest BCUT2D eigenvalue weighted by atomic mass is 10.0. The van der Waals surface area contributed by atoms with E-state index in [0.717, 1.165) is 11.2 Å². The highest BCUT2D eigenvalue weighted by Gasteiger charge is 2.28. The van der Waals surface area contributed by atoms with Crippen molar-refractivity contribution in [2.24, 2.45) is 0 Å². The molecule has 1 aliphatic heterocycles. The number of hydrogen-bond donors (Lipinski definition) is 2. The van der Waals surface area contributed by atoms with Crippen LogP contribution in [0.15, 0.2) is 24.3 Å². The van der Waals surface area contributed by atoms with Crippen molar-refractivity contribution in [3.63, 3.8) is 0 Å². The molecule has 0 radical (unpaired) electrons. The van der Waals surface area contributed by atoms with Crippen LogP contribution >= 0.6 is 0 Å². The lowest BCUT2D eigenvalue weighted by Crippen LogP contribution is -2.37. The highest BCUT2D eigenvalue weighted by atomic mass is 16.3. The molecule has 0 aliphatic carbocycles. The minimum Gasteiger partial charge on any atom is -0.390 e. The topological polar surface area (TPSA) is 45.4 Å². The Labute approximate surface area is 93.9 Å². The predicted octanol–water partition coefficient (Wildman–Crippen LogP) is 1.23. The van der Waals surface area contributed by atoms with Crippen LogP contribution in [-0.4, -0.2) is 27.0 Å². The first kappa shape index (κ1) is 9.87. The van der Waals surface area contributed by atoms with Crippen molar-refractivity contribution >= 4 is 10.9 Å². The highest BCUT2D eigenvalue weighted by molar-refractivity contribution is 5.85. The molecule has 0 spiro atoms. The average Bonchev–Trinajstić information content (AvgIpc) is 2.55. The van der Waals surface area contributed by atoms with E-state index in [1.54, 1.807) is 0 Å². The van der Waals surface area contributed by atoms with Crippen molar-refractivity contribution in [1.29, 1.82) is 0 Å². The van der Waals surface area contributed by atoms with Gasteiger partial charge >= 0.3 is 0 Å². The van der Waals surface area contributed by atoms with Crippen molar-refractivity contribution in [3.8, 4) is 0 Å². The van der Waals surface area contributed by atoms with Crippen molar-refractivity contribution in [3.05, 3.63) is 35.5 Å². The van der Waals surface area contributed by atoms with E-state index in [2.05, 4.69) is 23.6 Å². The molecule has 84 valence electrons. The van der Waals surface area contributed by atoms with Gasteiger partial charge in [-0.05, 0) is 18.6 Å². The molecule has 3 heteroatoms. The number of hydrogen-bond acceptors (Lipinski definition) is 2. The van der Waals surface area contributed by atoms with Crippen molar-refractivity contribution in [2.45, 2.75) is 32.1 Å². The number of fused-ring (bicyclic) bond motifs is 3. The molecule has 0 fully saturated rings. The Morgan fingerprint density at radius 3 is 2.75 bits per heavy atom. The number of nitrogens with zero attached hydrogens (tertiary/aromatic N) is 1. The summed E-state index contributed by atoms with van der Waals surface area (Å²) in [5.41, 5.74) is 3.53. The Morgan fingerprint density at radius 1 is 1.19 bits per heavy atom. The highest BCUT2D eigenvalue weighted by Crippen LogP contribution is 2.29. The molecule has 1 aromatic heterocycles. The summed E-state index contributed by atoms with van der Waals surface area (Å²) in [5, 5.41) is 20.7. The predicted molar refractivity (Wildman–Crippen MR) is 62.4 cm³/mol. The van der Waals surface area contributed by atoms with Gasteiger partial charge in [0.05, 0.1) is 18.8 Å². The summed E-state index contributed by atoms with van der Waals surface area (Å²) in [6.45, 7) is 2.57. The molecule has 3 nitrogen and oxygen atoms in total. The van der Waals surface area contributed by atoms with Gasteiger partial charge in [0.15, 0.2) is 0 Å². The minimum absolute atomic E-state index is 0.491. The molecule has 0 amide bonds. The second kappa shape index (κ2) is 3.34. The summed E-state index contributed by atoms with van der Waals surface area (Å²) in [7, 11) is 0. The first-order valence-electron chi connectivity index (χ1n) is 5.61. The monoisotopic (exact) mass is 217 g/mol. The third-order valence-electron chi connectivity index (χ3n) is 3.57. The van der Waals surface area contributed by atoms with Gasteiger partial charge in [-0.3, -0.25) is 0 Å². The van der Waals surface area contributed by atoms with Gasteiger partial charge in [-0.2, -0.15) is 0 Å². The molecule has 16 heavy (non-hydrogen) atoms. The Hall–Kier alpha value is -1.32. The fourth-order valence-electron chi connectivity index (χ4n) is 2.64. The lowest BCUT2D eigenvalue weighted by Gasteiger charge is -2.26. The Kier molecular flexibility index (Phi) is 2.06.